The minimum atomic E-state index is -2.65. The zero-order chi connectivity index (χ0) is 23.0. The van der Waals surface area contributed by atoms with Crippen LogP contribution in [0.25, 0.3) is 11.0 Å². The summed E-state index contributed by atoms with van der Waals surface area (Å²) in [5.41, 5.74) is 2.96. The van der Waals surface area contributed by atoms with Crippen molar-refractivity contribution >= 4 is 38.7 Å². The van der Waals surface area contributed by atoms with Crippen LogP contribution in [0.1, 0.15) is 34.6 Å². The number of hydrogen-bond acceptors (Lipinski definition) is 4. The molecule has 10 heteroatoms. The van der Waals surface area contributed by atoms with E-state index in [0.29, 0.717) is 23.8 Å². The summed E-state index contributed by atoms with van der Waals surface area (Å²) >= 11 is 3.42. The summed E-state index contributed by atoms with van der Waals surface area (Å²) in [7, 11) is 0. The largest absolute Gasteiger partial charge is 0.308 e. The Morgan fingerprint density at radius 1 is 1.09 bits per heavy atom. The average molecular weight is 503 g/mol. The van der Waals surface area contributed by atoms with Crippen LogP contribution in [-0.4, -0.2) is 30.5 Å². The fraction of sp³-hybridized carbons (Fsp3) is 0.273. The van der Waals surface area contributed by atoms with E-state index in [0.717, 1.165) is 15.7 Å². The van der Waals surface area contributed by atoms with Crippen LogP contribution in [0.4, 0.5) is 14.6 Å². The number of rotatable bonds is 6. The third-order valence-corrected chi connectivity index (χ3v) is 5.59. The Balaban J connectivity index is 1.52. The average Bonchev–Trinajstić information content (AvgIpc) is 3.21. The van der Waals surface area contributed by atoms with Gasteiger partial charge in [0, 0.05) is 27.5 Å². The van der Waals surface area contributed by atoms with Gasteiger partial charge < -0.3 is 5.32 Å². The van der Waals surface area contributed by atoms with Crippen molar-refractivity contribution in [2.75, 3.05) is 5.32 Å². The van der Waals surface area contributed by atoms with Crippen LogP contribution in [0.2, 0.25) is 0 Å². The SMILES string of the molecule is Cc1cc(C(F)F)c2c(C)nn(CC(=O)Nc3cc(C)n(Cc4ccc(Br)cc4)n3)c2n1. The lowest BCUT2D eigenvalue weighted by Gasteiger charge is -2.07. The van der Waals surface area contributed by atoms with Crippen LogP contribution in [0.5, 0.6) is 0 Å². The fourth-order valence-electron chi connectivity index (χ4n) is 3.61. The van der Waals surface area contributed by atoms with Crippen molar-refractivity contribution in [3.05, 3.63) is 69.1 Å². The molecule has 4 aromatic rings. The fourth-order valence-corrected chi connectivity index (χ4v) is 3.88. The molecule has 1 aromatic carbocycles. The second kappa shape index (κ2) is 8.78. The third-order valence-electron chi connectivity index (χ3n) is 5.06. The summed E-state index contributed by atoms with van der Waals surface area (Å²) in [6, 6.07) is 11.0. The second-order valence-corrected chi connectivity index (χ2v) is 8.51. The molecule has 0 aliphatic rings. The quantitative estimate of drug-likeness (QED) is 0.405. The van der Waals surface area contributed by atoms with Crippen LogP contribution < -0.4 is 5.32 Å². The highest BCUT2D eigenvalue weighted by molar-refractivity contribution is 9.10. The highest BCUT2D eigenvalue weighted by Crippen LogP contribution is 2.30. The zero-order valence-corrected chi connectivity index (χ0v) is 19.3. The van der Waals surface area contributed by atoms with E-state index in [1.807, 2.05) is 31.2 Å². The van der Waals surface area contributed by atoms with Gasteiger partial charge in [-0.3, -0.25) is 9.48 Å². The smallest absolute Gasteiger partial charge is 0.264 e. The minimum absolute atomic E-state index is 0.126. The van der Waals surface area contributed by atoms with Crippen LogP contribution in [-0.2, 0) is 17.9 Å². The van der Waals surface area contributed by atoms with Gasteiger partial charge in [0.25, 0.3) is 6.43 Å². The van der Waals surface area contributed by atoms with E-state index in [-0.39, 0.29) is 29.0 Å². The summed E-state index contributed by atoms with van der Waals surface area (Å²) in [6.07, 6.45) is -2.65. The Kier molecular flexibility index (Phi) is 6.05. The summed E-state index contributed by atoms with van der Waals surface area (Å²) in [5.74, 6) is 0.0415. The molecule has 166 valence electrons. The molecule has 3 aromatic heterocycles. The Morgan fingerprint density at radius 2 is 1.81 bits per heavy atom. The molecule has 7 nitrogen and oxygen atoms in total. The van der Waals surface area contributed by atoms with Crippen molar-refractivity contribution in [3.63, 3.8) is 0 Å². The molecule has 0 saturated heterocycles. The van der Waals surface area contributed by atoms with Crippen LogP contribution in [0.3, 0.4) is 0 Å². The molecule has 0 fully saturated rings. The molecular formula is C22H21BrF2N6O. The van der Waals surface area contributed by atoms with Crippen molar-refractivity contribution in [2.24, 2.45) is 0 Å². The number of alkyl halides is 2. The molecule has 3 heterocycles. The van der Waals surface area contributed by atoms with Crippen molar-refractivity contribution in [1.29, 1.82) is 0 Å². The number of pyridine rings is 1. The third kappa shape index (κ3) is 4.55. The van der Waals surface area contributed by atoms with Crippen molar-refractivity contribution < 1.29 is 13.6 Å². The van der Waals surface area contributed by atoms with Gasteiger partial charge in [0.15, 0.2) is 11.5 Å². The number of aromatic nitrogens is 5. The van der Waals surface area contributed by atoms with E-state index in [1.165, 1.54) is 10.7 Å². The maximum absolute atomic E-state index is 13.5. The van der Waals surface area contributed by atoms with Gasteiger partial charge in [0.1, 0.15) is 6.54 Å². The molecule has 0 saturated carbocycles. The van der Waals surface area contributed by atoms with E-state index in [2.05, 4.69) is 36.4 Å². The van der Waals surface area contributed by atoms with Gasteiger partial charge in [-0.25, -0.2) is 18.4 Å². The first kappa shape index (κ1) is 22.1. The molecule has 1 N–H and O–H groups in total. The summed E-state index contributed by atoms with van der Waals surface area (Å²) in [6.45, 7) is 5.58. The topological polar surface area (TPSA) is 77.6 Å². The van der Waals surface area contributed by atoms with E-state index in [4.69, 9.17) is 0 Å². The van der Waals surface area contributed by atoms with Gasteiger partial charge in [-0.2, -0.15) is 10.2 Å². The predicted octanol–water partition coefficient (Wildman–Crippen LogP) is 4.94. The van der Waals surface area contributed by atoms with Crippen molar-refractivity contribution in [2.45, 2.75) is 40.3 Å². The first-order chi connectivity index (χ1) is 15.2. The summed E-state index contributed by atoms with van der Waals surface area (Å²) in [5, 5.41) is 11.8. The Labute approximate surface area is 191 Å². The number of fused-ring (bicyclic) bond motifs is 1. The first-order valence-corrected chi connectivity index (χ1v) is 10.7. The lowest BCUT2D eigenvalue weighted by atomic mass is 10.1. The van der Waals surface area contributed by atoms with Gasteiger partial charge in [-0.15, -0.1) is 0 Å². The monoisotopic (exact) mass is 502 g/mol. The Morgan fingerprint density at radius 3 is 2.50 bits per heavy atom. The lowest BCUT2D eigenvalue weighted by molar-refractivity contribution is -0.116. The van der Waals surface area contributed by atoms with Crippen LogP contribution in [0, 0.1) is 20.8 Å². The number of aryl methyl sites for hydroxylation is 3. The van der Waals surface area contributed by atoms with Gasteiger partial charge in [0.05, 0.1) is 17.6 Å². The Hall–Kier alpha value is -3.14. The Bertz CT molecular complexity index is 1300. The van der Waals surface area contributed by atoms with Gasteiger partial charge in [-0.1, -0.05) is 28.1 Å². The van der Waals surface area contributed by atoms with Crippen LogP contribution in [0.15, 0.2) is 40.9 Å². The standard InChI is InChI=1S/C22H21BrF2N6O/c1-12-8-17(21(24)25)20-14(3)28-31(22(20)26-12)11-19(32)27-18-9-13(2)30(29-18)10-15-4-6-16(23)7-5-15/h4-9,21H,10-11H2,1-3H3,(H,27,29,32). The number of carbonyl (C=O) groups excluding carboxylic acids is 1. The van der Waals surface area contributed by atoms with Gasteiger partial charge in [-0.05, 0) is 44.5 Å². The number of carbonyl (C=O) groups is 1. The molecule has 0 aliphatic heterocycles. The number of nitrogens with zero attached hydrogens (tertiary/aromatic N) is 5. The highest BCUT2D eigenvalue weighted by Gasteiger charge is 2.21. The van der Waals surface area contributed by atoms with Gasteiger partial charge >= 0.3 is 0 Å². The number of amides is 1. The van der Waals surface area contributed by atoms with E-state index >= 15 is 0 Å². The van der Waals surface area contributed by atoms with Gasteiger partial charge in [0.2, 0.25) is 5.91 Å². The number of anilines is 1. The van der Waals surface area contributed by atoms with Crippen molar-refractivity contribution in [3.8, 4) is 0 Å². The second-order valence-electron chi connectivity index (χ2n) is 7.60. The molecule has 0 atom stereocenters. The molecule has 0 unspecified atom stereocenters. The number of nitrogens with one attached hydrogen (secondary N) is 1. The highest BCUT2D eigenvalue weighted by atomic mass is 79.9. The number of halogens is 3. The molecule has 0 aliphatic carbocycles. The maximum Gasteiger partial charge on any atom is 0.264 e. The van der Waals surface area contributed by atoms with E-state index in [1.54, 1.807) is 24.6 Å². The summed E-state index contributed by atoms with van der Waals surface area (Å²) < 4.78 is 31.1. The van der Waals surface area contributed by atoms with Crippen molar-refractivity contribution in [1.82, 2.24) is 24.5 Å². The van der Waals surface area contributed by atoms with E-state index in [9.17, 15) is 13.6 Å². The number of benzene rings is 1. The van der Waals surface area contributed by atoms with Crippen LogP contribution >= 0.6 is 15.9 Å². The first-order valence-electron chi connectivity index (χ1n) is 9.93. The molecule has 0 bridgehead atoms. The lowest BCUT2D eigenvalue weighted by Crippen LogP contribution is -2.20. The minimum Gasteiger partial charge on any atom is -0.308 e. The molecule has 0 spiro atoms. The molecule has 4 rings (SSSR count). The molecular weight excluding hydrogens is 482 g/mol. The maximum atomic E-state index is 13.5. The normalized spacial score (nSPS) is 11.5. The molecule has 32 heavy (non-hydrogen) atoms. The van der Waals surface area contributed by atoms with E-state index < -0.39 is 6.43 Å². The predicted molar refractivity (Wildman–Crippen MR) is 121 cm³/mol. The zero-order valence-electron chi connectivity index (χ0n) is 17.7. The molecule has 0 radical (unpaired) electrons. The molecule has 1 amide bonds. The summed E-state index contributed by atoms with van der Waals surface area (Å²) in [4.78, 5) is 17.0. The number of hydrogen-bond donors (Lipinski definition) is 1.